The molecule has 0 aliphatic carbocycles. The first-order chi connectivity index (χ1) is 10.6. The number of fused-ring (bicyclic) bond motifs is 1. The Bertz CT molecular complexity index is 770. The maximum Gasteiger partial charge on any atom is 0.347 e. The molecule has 1 aliphatic heterocycles. The number of aliphatic carboxylic acids is 1. The van der Waals surface area contributed by atoms with Crippen molar-refractivity contribution in [1.29, 1.82) is 0 Å². The maximum absolute atomic E-state index is 12.4. The van der Waals surface area contributed by atoms with Crippen LogP contribution in [0, 0.1) is 0 Å². The van der Waals surface area contributed by atoms with Crippen molar-refractivity contribution in [3.8, 4) is 5.88 Å². The zero-order valence-corrected chi connectivity index (χ0v) is 13.3. The van der Waals surface area contributed by atoms with E-state index in [9.17, 15) is 14.7 Å². The smallest absolute Gasteiger partial charge is 0.347 e. The highest BCUT2D eigenvalue weighted by atomic mass is 35.5. The lowest BCUT2D eigenvalue weighted by molar-refractivity contribution is -0.141. The lowest BCUT2D eigenvalue weighted by Crippen LogP contribution is -2.34. The van der Waals surface area contributed by atoms with Gasteiger partial charge in [0.1, 0.15) is 11.9 Å². The molecule has 2 aromatic heterocycles. The van der Waals surface area contributed by atoms with Gasteiger partial charge in [0, 0.05) is 18.7 Å². The fraction of sp³-hybridized carbons (Fsp3) is 0.429. The molecule has 3 rings (SSSR count). The maximum atomic E-state index is 12.4. The molecule has 9 heteroatoms. The quantitative estimate of drug-likeness (QED) is 0.887. The Morgan fingerprint density at radius 2 is 2.30 bits per heavy atom. The van der Waals surface area contributed by atoms with Crippen molar-refractivity contribution in [3.63, 3.8) is 0 Å². The average Bonchev–Trinajstić information content (AvgIpc) is 2.84. The molecular weight excluding hydrogens is 324 g/mol. The van der Waals surface area contributed by atoms with E-state index in [0.29, 0.717) is 24.5 Å². The summed E-state index contributed by atoms with van der Waals surface area (Å²) in [4.78, 5) is 27.7. The molecule has 0 saturated heterocycles. The summed E-state index contributed by atoms with van der Waals surface area (Å²) in [7, 11) is 1.52. The predicted octanol–water partition coefficient (Wildman–Crippen LogP) is 0.880. The molecule has 0 aromatic carbocycles. The topological polar surface area (TPSA) is 99.2 Å². The molecule has 1 aliphatic rings. The second kappa shape index (κ2) is 6.82. The molecule has 1 N–H and O–H groups in total. The molecule has 3 heterocycles. The van der Waals surface area contributed by atoms with Crippen LogP contribution in [0.15, 0.2) is 23.1 Å². The number of carboxylic acid groups (broad SMARTS) is 1. The summed E-state index contributed by atoms with van der Waals surface area (Å²) in [6.45, 7) is 0.254. The summed E-state index contributed by atoms with van der Waals surface area (Å²) in [6, 6.07) is 2.67. The number of pyridine rings is 1. The molecule has 23 heavy (non-hydrogen) atoms. The lowest BCUT2D eigenvalue weighted by atomic mass is 10.1. The Labute approximate surface area is 138 Å². The second-order valence-corrected chi connectivity index (χ2v) is 5.18. The average molecular weight is 341 g/mol. The Balaban J connectivity index is 0.00000192. The largest absolute Gasteiger partial charge is 0.481 e. The SMILES string of the molecule is COc1cc(Cn2nc3n(c2=O)[C@@H](C(=O)O)CCC3)ccn1.Cl. The van der Waals surface area contributed by atoms with Crippen molar-refractivity contribution in [3.05, 3.63) is 40.2 Å². The molecule has 0 fully saturated rings. The van der Waals surface area contributed by atoms with Crippen LogP contribution in [0.3, 0.4) is 0 Å². The molecule has 0 bridgehead atoms. The fourth-order valence-corrected chi connectivity index (χ4v) is 2.70. The van der Waals surface area contributed by atoms with Crippen LogP contribution in [0.2, 0.25) is 0 Å². The number of methoxy groups -OCH3 is 1. The van der Waals surface area contributed by atoms with Gasteiger partial charge in [0.15, 0.2) is 0 Å². The summed E-state index contributed by atoms with van der Waals surface area (Å²) in [5, 5.41) is 13.5. The van der Waals surface area contributed by atoms with Gasteiger partial charge in [-0.1, -0.05) is 0 Å². The standard InChI is InChI=1S/C14H16N4O4.ClH/c1-22-12-7-9(5-6-15-12)8-17-14(21)18-10(13(19)20)3-2-4-11(18)16-17;/h5-7,10H,2-4,8H2,1H3,(H,19,20);1H/t10-;/m1./s1. The predicted molar refractivity (Wildman–Crippen MR) is 83.2 cm³/mol. The van der Waals surface area contributed by atoms with Crippen LogP contribution >= 0.6 is 12.4 Å². The third kappa shape index (κ3) is 3.21. The summed E-state index contributed by atoms with van der Waals surface area (Å²) in [5.41, 5.74) is 0.425. The number of hydrogen-bond donors (Lipinski definition) is 1. The van der Waals surface area contributed by atoms with Gasteiger partial charge in [-0.3, -0.25) is 4.57 Å². The number of ether oxygens (including phenoxy) is 1. The van der Waals surface area contributed by atoms with Crippen molar-refractivity contribution >= 4 is 18.4 Å². The van der Waals surface area contributed by atoms with E-state index in [4.69, 9.17) is 4.74 Å². The van der Waals surface area contributed by atoms with Crippen LogP contribution in [0.5, 0.6) is 5.88 Å². The number of nitrogens with zero attached hydrogens (tertiary/aromatic N) is 4. The minimum absolute atomic E-state index is 0. The van der Waals surface area contributed by atoms with E-state index in [1.54, 1.807) is 18.3 Å². The van der Waals surface area contributed by atoms with Gasteiger partial charge in [0.05, 0.1) is 13.7 Å². The first-order valence-corrected chi connectivity index (χ1v) is 7.00. The zero-order chi connectivity index (χ0) is 15.7. The van der Waals surface area contributed by atoms with E-state index < -0.39 is 17.7 Å². The van der Waals surface area contributed by atoms with Gasteiger partial charge in [0.2, 0.25) is 5.88 Å². The van der Waals surface area contributed by atoms with Crippen LogP contribution in [0.1, 0.15) is 30.3 Å². The molecule has 1 atom stereocenters. The summed E-state index contributed by atoms with van der Waals surface area (Å²) < 4.78 is 7.64. The summed E-state index contributed by atoms with van der Waals surface area (Å²) in [5.74, 6) is -0.00390. The molecule has 0 unspecified atom stereocenters. The molecule has 0 spiro atoms. The van der Waals surface area contributed by atoms with Gasteiger partial charge in [-0.2, -0.15) is 5.10 Å². The molecule has 124 valence electrons. The van der Waals surface area contributed by atoms with Crippen molar-refractivity contribution in [2.45, 2.75) is 31.8 Å². The number of carbonyl (C=O) groups is 1. The molecule has 0 radical (unpaired) electrons. The highest BCUT2D eigenvalue weighted by Gasteiger charge is 2.30. The normalized spacial score (nSPS) is 16.3. The molecule has 0 amide bonds. The van der Waals surface area contributed by atoms with Gasteiger partial charge in [-0.15, -0.1) is 12.4 Å². The van der Waals surface area contributed by atoms with Crippen LogP contribution in [-0.2, 0) is 17.8 Å². The van der Waals surface area contributed by atoms with Crippen molar-refractivity contribution < 1.29 is 14.6 Å². The third-order valence-corrected chi connectivity index (χ3v) is 3.76. The van der Waals surface area contributed by atoms with Crippen LogP contribution in [-0.4, -0.2) is 37.5 Å². The summed E-state index contributed by atoms with van der Waals surface area (Å²) in [6.07, 6.45) is 3.38. The van der Waals surface area contributed by atoms with Crippen molar-refractivity contribution in [2.24, 2.45) is 0 Å². The minimum Gasteiger partial charge on any atom is -0.481 e. The van der Waals surface area contributed by atoms with E-state index in [1.165, 1.54) is 16.4 Å². The van der Waals surface area contributed by atoms with Gasteiger partial charge < -0.3 is 9.84 Å². The van der Waals surface area contributed by atoms with Crippen LogP contribution in [0.4, 0.5) is 0 Å². The number of aromatic nitrogens is 4. The highest BCUT2D eigenvalue weighted by Crippen LogP contribution is 2.22. The Morgan fingerprint density at radius 1 is 1.52 bits per heavy atom. The van der Waals surface area contributed by atoms with Gasteiger partial charge in [0.25, 0.3) is 0 Å². The number of carboxylic acids is 1. The van der Waals surface area contributed by atoms with Gasteiger partial charge in [-0.25, -0.2) is 19.3 Å². The van der Waals surface area contributed by atoms with E-state index in [1.807, 2.05) is 0 Å². The highest BCUT2D eigenvalue weighted by molar-refractivity contribution is 5.85. The summed E-state index contributed by atoms with van der Waals surface area (Å²) >= 11 is 0. The first kappa shape index (κ1) is 17.0. The monoisotopic (exact) mass is 340 g/mol. The minimum atomic E-state index is -0.992. The Hall–Kier alpha value is -2.35. The van der Waals surface area contributed by atoms with E-state index in [0.717, 1.165) is 12.0 Å². The molecule has 2 aromatic rings. The molecule has 0 saturated carbocycles. The van der Waals surface area contributed by atoms with Crippen molar-refractivity contribution in [1.82, 2.24) is 19.3 Å². The van der Waals surface area contributed by atoms with E-state index >= 15 is 0 Å². The molecule has 8 nitrogen and oxygen atoms in total. The van der Waals surface area contributed by atoms with Crippen LogP contribution < -0.4 is 10.4 Å². The molecular formula is C14H17ClN4O4. The number of aryl methyl sites for hydroxylation is 1. The van der Waals surface area contributed by atoms with Gasteiger partial charge in [-0.05, 0) is 24.5 Å². The number of halogens is 1. The number of rotatable bonds is 4. The lowest BCUT2D eigenvalue weighted by Gasteiger charge is -2.19. The zero-order valence-electron chi connectivity index (χ0n) is 12.5. The fourth-order valence-electron chi connectivity index (χ4n) is 2.70. The van der Waals surface area contributed by atoms with Crippen LogP contribution in [0.25, 0.3) is 0 Å². The van der Waals surface area contributed by atoms with Crippen molar-refractivity contribution in [2.75, 3.05) is 7.11 Å². The van der Waals surface area contributed by atoms with E-state index in [2.05, 4.69) is 10.1 Å². The van der Waals surface area contributed by atoms with Gasteiger partial charge >= 0.3 is 11.7 Å². The first-order valence-electron chi connectivity index (χ1n) is 7.00. The Kier molecular flexibility index (Phi) is 5.05. The third-order valence-electron chi connectivity index (χ3n) is 3.76. The number of hydrogen-bond acceptors (Lipinski definition) is 5. The van der Waals surface area contributed by atoms with E-state index in [-0.39, 0.29) is 19.0 Å². The second-order valence-electron chi connectivity index (χ2n) is 5.18. The Morgan fingerprint density at radius 3 is 3.00 bits per heavy atom.